The predicted octanol–water partition coefficient (Wildman–Crippen LogP) is 3.79. The lowest BCUT2D eigenvalue weighted by Gasteiger charge is -2.36. The molecular formula is C30H31N5O5S. The van der Waals surface area contributed by atoms with Gasteiger partial charge in [-0.1, -0.05) is 6.07 Å². The first-order valence-electron chi connectivity index (χ1n) is 13.6. The van der Waals surface area contributed by atoms with Gasteiger partial charge in [-0.2, -0.15) is 0 Å². The first-order valence-corrected chi connectivity index (χ1v) is 15.1. The molecule has 2 aliphatic rings. The van der Waals surface area contributed by atoms with E-state index in [2.05, 4.69) is 29.0 Å². The van der Waals surface area contributed by atoms with Gasteiger partial charge in [-0.3, -0.25) is 9.78 Å². The maximum absolute atomic E-state index is 12.9. The average molecular weight is 574 g/mol. The number of morpholine rings is 1. The number of ether oxygens (including phenoxy) is 2. The van der Waals surface area contributed by atoms with Crippen LogP contribution >= 0.6 is 0 Å². The standard InChI is InChI=1S/C30H31N5O5S/c1-18-15-35(16-19(2)40-18)29-6-4-5-24(34-29)25-9-7-22-13-31-23(12-26(22)33-25)14-32-30(36)21-8-10-27-28(11-21)41(37,38)20(3)17-39-27/h4-13,18-20H,14-17H2,1-3H3,(H,32,36)/t18-,19+,20-/m0/s1. The minimum Gasteiger partial charge on any atom is -0.491 e. The molecule has 0 radical (unpaired) electrons. The molecule has 0 spiro atoms. The molecule has 41 heavy (non-hydrogen) atoms. The van der Waals surface area contributed by atoms with Crippen molar-refractivity contribution in [1.29, 1.82) is 0 Å². The van der Waals surface area contributed by atoms with Crippen molar-refractivity contribution in [2.75, 3.05) is 24.6 Å². The third-order valence-corrected chi connectivity index (χ3v) is 9.44. The van der Waals surface area contributed by atoms with Crippen LogP contribution < -0.4 is 15.0 Å². The van der Waals surface area contributed by atoms with Gasteiger partial charge in [0.05, 0.1) is 46.6 Å². The highest BCUT2D eigenvalue weighted by Gasteiger charge is 2.32. The number of nitrogens with one attached hydrogen (secondary N) is 1. The van der Waals surface area contributed by atoms with Crippen molar-refractivity contribution in [1.82, 2.24) is 20.3 Å². The van der Waals surface area contributed by atoms with E-state index in [1.165, 1.54) is 12.1 Å². The number of carbonyl (C=O) groups is 1. The van der Waals surface area contributed by atoms with E-state index in [1.807, 2.05) is 36.4 Å². The number of amides is 1. The van der Waals surface area contributed by atoms with Crippen molar-refractivity contribution in [3.05, 3.63) is 72.1 Å². The largest absolute Gasteiger partial charge is 0.491 e. The molecule has 0 aliphatic carbocycles. The number of carbonyl (C=O) groups excluding carboxylic acids is 1. The zero-order chi connectivity index (χ0) is 28.7. The zero-order valence-electron chi connectivity index (χ0n) is 23.1. The summed E-state index contributed by atoms with van der Waals surface area (Å²) in [5, 5.41) is 3.03. The molecule has 1 aromatic carbocycles. The van der Waals surface area contributed by atoms with Crippen LogP contribution in [0.1, 0.15) is 36.8 Å². The molecule has 4 aromatic rings. The summed E-state index contributed by atoms with van der Waals surface area (Å²) in [5.74, 6) is 0.755. The van der Waals surface area contributed by atoms with Gasteiger partial charge in [0.15, 0.2) is 9.84 Å². The number of pyridine rings is 3. The van der Waals surface area contributed by atoms with Gasteiger partial charge in [0, 0.05) is 30.2 Å². The maximum Gasteiger partial charge on any atom is 0.251 e. The molecule has 1 fully saturated rings. The summed E-state index contributed by atoms with van der Waals surface area (Å²) in [6.45, 7) is 7.53. The Morgan fingerprint density at radius 1 is 1.00 bits per heavy atom. The highest BCUT2D eigenvalue weighted by atomic mass is 32.2. The van der Waals surface area contributed by atoms with Crippen molar-refractivity contribution in [3.63, 3.8) is 0 Å². The summed E-state index contributed by atoms with van der Waals surface area (Å²) < 4.78 is 36.8. The molecule has 0 saturated carbocycles. The lowest BCUT2D eigenvalue weighted by molar-refractivity contribution is -0.00545. The Morgan fingerprint density at radius 2 is 1.78 bits per heavy atom. The maximum atomic E-state index is 12.9. The lowest BCUT2D eigenvalue weighted by Crippen LogP contribution is -2.45. The van der Waals surface area contributed by atoms with E-state index in [4.69, 9.17) is 19.4 Å². The molecule has 212 valence electrons. The number of anilines is 1. The minimum atomic E-state index is -3.55. The van der Waals surface area contributed by atoms with Crippen molar-refractivity contribution >= 4 is 32.5 Å². The van der Waals surface area contributed by atoms with Gasteiger partial charge in [0.1, 0.15) is 23.1 Å². The Morgan fingerprint density at radius 3 is 2.59 bits per heavy atom. The molecule has 10 nitrogen and oxygen atoms in total. The fourth-order valence-corrected chi connectivity index (χ4v) is 6.56. The number of nitrogens with zero attached hydrogens (tertiary/aromatic N) is 4. The normalized spacial score (nSPS) is 21.6. The van der Waals surface area contributed by atoms with Gasteiger partial charge in [-0.05, 0) is 69.3 Å². The van der Waals surface area contributed by atoms with Crippen molar-refractivity contribution < 1.29 is 22.7 Å². The van der Waals surface area contributed by atoms with Gasteiger partial charge in [-0.15, -0.1) is 0 Å². The molecule has 11 heteroatoms. The van der Waals surface area contributed by atoms with Crippen LogP contribution in [0.3, 0.4) is 0 Å². The third-order valence-electron chi connectivity index (χ3n) is 7.32. The minimum absolute atomic E-state index is 0.0415. The topological polar surface area (TPSA) is 124 Å². The summed E-state index contributed by atoms with van der Waals surface area (Å²) in [4.78, 5) is 29.4. The number of fused-ring (bicyclic) bond motifs is 2. The monoisotopic (exact) mass is 573 g/mol. The summed E-state index contributed by atoms with van der Waals surface area (Å²) in [7, 11) is -3.55. The highest BCUT2D eigenvalue weighted by molar-refractivity contribution is 7.92. The van der Waals surface area contributed by atoms with E-state index in [0.29, 0.717) is 5.69 Å². The van der Waals surface area contributed by atoms with E-state index in [1.54, 1.807) is 19.2 Å². The zero-order valence-corrected chi connectivity index (χ0v) is 23.9. The SMILES string of the molecule is C[C@@H]1CN(c2cccc(-c3ccc4cnc(CNC(=O)c5ccc6c(c5)S(=O)(=O)[C@@H](C)CO6)cc4n3)n2)C[C@H](C)O1. The molecule has 3 atom stereocenters. The van der Waals surface area contributed by atoms with Crippen molar-refractivity contribution in [2.45, 2.75) is 49.7 Å². The Labute approximate surface area is 238 Å². The number of hydrogen-bond acceptors (Lipinski definition) is 9. The van der Waals surface area contributed by atoms with Crippen LogP contribution in [-0.2, 0) is 21.1 Å². The Balaban J connectivity index is 1.19. The molecule has 1 N–H and O–H groups in total. The molecule has 1 amide bonds. The van der Waals surface area contributed by atoms with Crippen LogP contribution in [0.5, 0.6) is 5.75 Å². The smallest absolute Gasteiger partial charge is 0.251 e. The fraction of sp³-hybridized carbons (Fsp3) is 0.333. The molecule has 0 unspecified atom stereocenters. The van der Waals surface area contributed by atoms with Crippen LogP contribution in [-0.4, -0.2) is 66.4 Å². The van der Waals surface area contributed by atoms with Crippen LogP contribution in [0.2, 0.25) is 0 Å². The second-order valence-electron chi connectivity index (χ2n) is 10.6. The number of sulfone groups is 1. The quantitative estimate of drug-likeness (QED) is 0.380. The van der Waals surface area contributed by atoms with E-state index >= 15 is 0 Å². The Kier molecular flexibility index (Phi) is 7.08. The summed E-state index contributed by atoms with van der Waals surface area (Å²) in [6.07, 6.45) is 1.98. The van der Waals surface area contributed by atoms with Crippen molar-refractivity contribution in [2.24, 2.45) is 0 Å². The average Bonchev–Trinajstić information content (AvgIpc) is 2.97. The van der Waals surface area contributed by atoms with Gasteiger partial charge in [0.25, 0.3) is 5.91 Å². The Bertz CT molecular complexity index is 1730. The van der Waals surface area contributed by atoms with Crippen LogP contribution in [0.4, 0.5) is 5.82 Å². The lowest BCUT2D eigenvalue weighted by atomic mass is 10.1. The fourth-order valence-electron chi connectivity index (χ4n) is 5.18. The third kappa shape index (κ3) is 5.47. The van der Waals surface area contributed by atoms with Gasteiger partial charge in [0.2, 0.25) is 0 Å². The number of rotatable bonds is 5. The van der Waals surface area contributed by atoms with E-state index in [-0.39, 0.29) is 41.6 Å². The molecule has 5 heterocycles. The second-order valence-corrected chi connectivity index (χ2v) is 13.0. The molecule has 0 bridgehead atoms. The first-order chi connectivity index (χ1) is 19.7. The molecule has 3 aromatic heterocycles. The second kappa shape index (κ2) is 10.7. The van der Waals surface area contributed by atoms with E-state index in [9.17, 15) is 13.2 Å². The summed E-state index contributed by atoms with van der Waals surface area (Å²) in [6, 6.07) is 16.1. The molecule has 2 aliphatic heterocycles. The van der Waals surface area contributed by atoms with Gasteiger partial charge in [-0.25, -0.2) is 18.4 Å². The summed E-state index contributed by atoms with van der Waals surface area (Å²) >= 11 is 0. The highest BCUT2D eigenvalue weighted by Crippen LogP contribution is 2.32. The van der Waals surface area contributed by atoms with Crippen LogP contribution in [0.15, 0.2) is 65.7 Å². The van der Waals surface area contributed by atoms with Gasteiger partial charge >= 0.3 is 0 Å². The Hall–Kier alpha value is -4.09. The molecule has 6 rings (SSSR count). The summed E-state index contributed by atoms with van der Waals surface area (Å²) in [5.41, 5.74) is 3.09. The number of benzene rings is 1. The van der Waals surface area contributed by atoms with Crippen LogP contribution in [0, 0.1) is 0 Å². The van der Waals surface area contributed by atoms with E-state index < -0.39 is 21.0 Å². The molecule has 1 saturated heterocycles. The number of aromatic nitrogens is 3. The van der Waals surface area contributed by atoms with Gasteiger partial charge < -0.3 is 19.7 Å². The van der Waals surface area contributed by atoms with E-state index in [0.717, 1.165) is 41.2 Å². The van der Waals surface area contributed by atoms with Crippen molar-refractivity contribution in [3.8, 4) is 17.1 Å². The predicted molar refractivity (Wildman–Crippen MR) is 155 cm³/mol. The van der Waals surface area contributed by atoms with Crippen LogP contribution in [0.25, 0.3) is 22.3 Å². The number of hydrogen-bond donors (Lipinski definition) is 1. The first kappa shape index (κ1) is 27.1. The molecular weight excluding hydrogens is 542 g/mol.